The van der Waals surface area contributed by atoms with E-state index in [1.165, 1.54) is 16.4 Å². The lowest BCUT2D eigenvalue weighted by atomic mass is 10.2. The number of nitrogens with one attached hydrogen (secondary N) is 2. The molecule has 0 aromatic heterocycles. The smallest absolute Gasteiger partial charge is 0.251 e. The normalized spacial score (nSPS) is 11.1. The van der Waals surface area contributed by atoms with Crippen molar-refractivity contribution in [2.45, 2.75) is 18.7 Å². The largest absolute Gasteiger partial charge is 0.351 e. The van der Waals surface area contributed by atoms with Gasteiger partial charge in [0.1, 0.15) is 0 Å². The molecule has 22 heavy (non-hydrogen) atoms. The van der Waals surface area contributed by atoms with Gasteiger partial charge in [0.15, 0.2) is 0 Å². The Morgan fingerprint density at radius 2 is 1.82 bits per heavy atom. The van der Waals surface area contributed by atoms with Crippen molar-refractivity contribution in [3.8, 4) is 0 Å². The highest BCUT2D eigenvalue weighted by atomic mass is 35.5. The van der Waals surface area contributed by atoms with Gasteiger partial charge in [0.05, 0.1) is 4.90 Å². The molecule has 0 spiro atoms. The molecule has 8 heteroatoms. The van der Waals surface area contributed by atoms with Crippen LogP contribution in [0, 0.1) is 0 Å². The van der Waals surface area contributed by atoms with E-state index in [1.54, 1.807) is 33.0 Å². The Kier molecular flexibility index (Phi) is 9.27. The van der Waals surface area contributed by atoms with Gasteiger partial charge in [-0.05, 0) is 25.2 Å². The van der Waals surface area contributed by atoms with Crippen LogP contribution in [0.4, 0.5) is 0 Å². The van der Waals surface area contributed by atoms with Crippen molar-refractivity contribution in [3.63, 3.8) is 0 Å². The molecule has 1 amide bonds. The van der Waals surface area contributed by atoms with Crippen molar-refractivity contribution in [3.05, 3.63) is 29.8 Å². The zero-order valence-electron chi connectivity index (χ0n) is 13.1. The highest BCUT2D eigenvalue weighted by Gasteiger charge is 2.22. The molecule has 0 bridgehead atoms. The van der Waals surface area contributed by atoms with Crippen molar-refractivity contribution < 1.29 is 13.2 Å². The van der Waals surface area contributed by atoms with Crippen LogP contribution in [0.5, 0.6) is 0 Å². The van der Waals surface area contributed by atoms with Crippen molar-refractivity contribution >= 4 is 28.3 Å². The standard InChI is InChI=1S/C14H23N3O3S.ClH/c1-4-17(5-2)21(19,20)13-8-6-7-12(11-13)14(18)16-10-9-15-3;/h6-8,11,15H,4-5,9-10H2,1-3H3,(H,16,18);1H. The first-order valence-corrected chi connectivity index (χ1v) is 8.44. The summed E-state index contributed by atoms with van der Waals surface area (Å²) in [5, 5.41) is 5.65. The fourth-order valence-corrected chi connectivity index (χ4v) is 3.42. The van der Waals surface area contributed by atoms with Crippen LogP contribution in [0.1, 0.15) is 24.2 Å². The van der Waals surface area contributed by atoms with E-state index >= 15 is 0 Å². The molecular formula is C14H24ClN3O3S. The maximum atomic E-state index is 12.4. The zero-order valence-corrected chi connectivity index (χ0v) is 14.8. The van der Waals surface area contributed by atoms with Crippen molar-refractivity contribution in [2.75, 3.05) is 33.2 Å². The molecule has 0 saturated heterocycles. The Bertz CT molecular complexity index is 574. The summed E-state index contributed by atoms with van der Waals surface area (Å²) >= 11 is 0. The number of hydrogen-bond donors (Lipinski definition) is 2. The second kappa shape index (κ2) is 9.78. The topological polar surface area (TPSA) is 78.5 Å². The molecule has 126 valence electrons. The van der Waals surface area contributed by atoms with E-state index in [1.807, 2.05) is 0 Å². The molecule has 0 aliphatic carbocycles. The number of hydrogen-bond acceptors (Lipinski definition) is 4. The third kappa shape index (κ3) is 5.24. The lowest BCUT2D eigenvalue weighted by Gasteiger charge is -2.18. The van der Waals surface area contributed by atoms with Crippen LogP contribution in [0.15, 0.2) is 29.2 Å². The molecule has 2 N–H and O–H groups in total. The number of halogens is 1. The number of amides is 1. The second-order valence-corrected chi connectivity index (χ2v) is 6.41. The summed E-state index contributed by atoms with van der Waals surface area (Å²) in [6.45, 7) is 5.52. The summed E-state index contributed by atoms with van der Waals surface area (Å²) in [6, 6.07) is 6.12. The van der Waals surface area contributed by atoms with Gasteiger partial charge in [-0.15, -0.1) is 12.4 Å². The Morgan fingerprint density at radius 3 is 2.36 bits per heavy atom. The van der Waals surface area contributed by atoms with Gasteiger partial charge in [-0.1, -0.05) is 19.9 Å². The number of carbonyl (C=O) groups excluding carboxylic acids is 1. The molecule has 0 heterocycles. The van der Waals surface area contributed by atoms with Gasteiger partial charge < -0.3 is 10.6 Å². The van der Waals surface area contributed by atoms with Crippen LogP contribution < -0.4 is 10.6 Å². The van der Waals surface area contributed by atoms with Gasteiger partial charge in [-0.25, -0.2) is 8.42 Å². The van der Waals surface area contributed by atoms with Gasteiger partial charge in [0, 0.05) is 31.7 Å². The Balaban J connectivity index is 0.00000441. The number of carbonyl (C=O) groups is 1. The summed E-state index contributed by atoms with van der Waals surface area (Å²) in [6.07, 6.45) is 0. The highest BCUT2D eigenvalue weighted by molar-refractivity contribution is 7.89. The van der Waals surface area contributed by atoms with E-state index in [4.69, 9.17) is 0 Å². The molecular weight excluding hydrogens is 326 g/mol. The third-order valence-corrected chi connectivity index (χ3v) is 5.15. The Hall–Kier alpha value is -1.15. The van der Waals surface area contributed by atoms with E-state index in [-0.39, 0.29) is 23.2 Å². The predicted octanol–water partition coefficient (Wildman–Crippen LogP) is 1.09. The summed E-state index contributed by atoms with van der Waals surface area (Å²) in [7, 11) is -1.75. The monoisotopic (exact) mass is 349 g/mol. The van der Waals surface area contributed by atoms with Gasteiger partial charge in [-0.2, -0.15) is 4.31 Å². The van der Waals surface area contributed by atoms with Crippen LogP contribution in [0.3, 0.4) is 0 Å². The van der Waals surface area contributed by atoms with E-state index in [2.05, 4.69) is 10.6 Å². The molecule has 0 atom stereocenters. The van der Waals surface area contributed by atoms with Crippen LogP contribution in [0.2, 0.25) is 0 Å². The predicted molar refractivity (Wildman–Crippen MR) is 90.1 cm³/mol. The molecule has 0 radical (unpaired) electrons. The van der Waals surface area contributed by atoms with Gasteiger partial charge in [0.2, 0.25) is 10.0 Å². The zero-order chi connectivity index (χ0) is 15.9. The number of nitrogens with zero attached hydrogens (tertiary/aromatic N) is 1. The van der Waals surface area contributed by atoms with Crippen molar-refractivity contribution in [2.24, 2.45) is 0 Å². The molecule has 0 unspecified atom stereocenters. The lowest BCUT2D eigenvalue weighted by Crippen LogP contribution is -2.32. The Morgan fingerprint density at radius 1 is 1.18 bits per heavy atom. The van der Waals surface area contributed by atoms with Crippen LogP contribution in [-0.2, 0) is 10.0 Å². The van der Waals surface area contributed by atoms with E-state index in [0.29, 0.717) is 31.7 Å². The van der Waals surface area contributed by atoms with Crippen molar-refractivity contribution in [1.29, 1.82) is 0 Å². The Labute approximate surface area is 138 Å². The SMILES string of the molecule is CCN(CC)S(=O)(=O)c1cccc(C(=O)NCCNC)c1.Cl. The number of rotatable bonds is 8. The van der Waals surface area contributed by atoms with Gasteiger partial charge in [-0.3, -0.25) is 4.79 Å². The molecule has 0 aliphatic heterocycles. The maximum absolute atomic E-state index is 12.4. The summed E-state index contributed by atoms with van der Waals surface area (Å²) in [5.41, 5.74) is 0.347. The van der Waals surface area contributed by atoms with Gasteiger partial charge >= 0.3 is 0 Å². The highest BCUT2D eigenvalue weighted by Crippen LogP contribution is 2.16. The van der Waals surface area contributed by atoms with Crippen LogP contribution in [-0.4, -0.2) is 51.9 Å². The second-order valence-electron chi connectivity index (χ2n) is 4.48. The third-order valence-electron chi connectivity index (χ3n) is 3.10. The molecule has 6 nitrogen and oxygen atoms in total. The average Bonchev–Trinajstić information content (AvgIpc) is 2.48. The molecule has 0 saturated carbocycles. The minimum atomic E-state index is -3.54. The van der Waals surface area contributed by atoms with Crippen LogP contribution in [0.25, 0.3) is 0 Å². The van der Waals surface area contributed by atoms with Crippen molar-refractivity contribution in [1.82, 2.24) is 14.9 Å². The van der Waals surface area contributed by atoms with Gasteiger partial charge in [0.25, 0.3) is 5.91 Å². The minimum Gasteiger partial charge on any atom is -0.351 e. The van der Waals surface area contributed by atoms with Crippen LogP contribution >= 0.6 is 12.4 Å². The molecule has 0 aliphatic rings. The van der Waals surface area contributed by atoms with E-state index in [0.717, 1.165) is 0 Å². The quantitative estimate of drug-likeness (QED) is 0.689. The summed E-state index contributed by atoms with van der Waals surface area (Å²) < 4.78 is 26.2. The first-order valence-electron chi connectivity index (χ1n) is 7.00. The fraction of sp³-hybridized carbons (Fsp3) is 0.500. The molecule has 1 aromatic rings. The summed E-state index contributed by atoms with van der Waals surface area (Å²) in [4.78, 5) is 12.1. The molecule has 1 aromatic carbocycles. The number of sulfonamides is 1. The average molecular weight is 350 g/mol. The molecule has 0 fully saturated rings. The lowest BCUT2D eigenvalue weighted by molar-refractivity contribution is 0.0954. The summed E-state index contributed by atoms with van der Waals surface area (Å²) in [5.74, 6) is -0.276. The fourth-order valence-electron chi connectivity index (χ4n) is 1.91. The molecule has 1 rings (SSSR count). The number of likely N-dealkylation sites (N-methyl/N-ethyl adjacent to an activating group) is 1. The number of benzene rings is 1. The maximum Gasteiger partial charge on any atom is 0.251 e. The van der Waals surface area contributed by atoms with E-state index in [9.17, 15) is 13.2 Å². The first-order chi connectivity index (χ1) is 9.97. The van der Waals surface area contributed by atoms with E-state index < -0.39 is 10.0 Å². The first kappa shape index (κ1) is 20.9. The minimum absolute atomic E-state index is 0.